The fraction of sp³-hybridized carbons (Fsp3) is 0.188. The normalized spacial score (nSPS) is 22.4. The number of hydrogen-bond donors (Lipinski definition) is 0. The lowest BCUT2D eigenvalue weighted by Crippen LogP contribution is -2.10. The lowest BCUT2D eigenvalue weighted by molar-refractivity contribution is 0.202. The molecule has 0 saturated heterocycles. The van der Waals surface area contributed by atoms with Gasteiger partial charge in [-0.1, -0.05) is 48.5 Å². The molecular weight excluding hydrogens is 222 g/mol. The first-order chi connectivity index (χ1) is 8.84. The van der Waals surface area contributed by atoms with Crippen molar-refractivity contribution in [2.75, 3.05) is 0 Å². The van der Waals surface area contributed by atoms with Gasteiger partial charge < -0.3 is 4.74 Å². The number of aliphatic imine (C=N–C) groups is 1. The molecule has 0 aromatic heterocycles. The van der Waals surface area contributed by atoms with Crippen LogP contribution in [0.5, 0.6) is 0 Å². The van der Waals surface area contributed by atoms with Crippen molar-refractivity contribution in [3.63, 3.8) is 0 Å². The van der Waals surface area contributed by atoms with E-state index in [1.165, 1.54) is 5.56 Å². The summed E-state index contributed by atoms with van der Waals surface area (Å²) in [4.78, 5) is 4.61. The third-order valence-electron chi connectivity index (χ3n) is 3.15. The van der Waals surface area contributed by atoms with Crippen LogP contribution in [0, 0.1) is 0 Å². The summed E-state index contributed by atoms with van der Waals surface area (Å²) >= 11 is 0. The van der Waals surface area contributed by atoms with Crippen LogP contribution in [0.15, 0.2) is 65.7 Å². The van der Waals surface area contributed by atoms with Crippen molar-refractivity contribution in [2.45, 2.75) is 19.1 Å². The SMILES string of the molecule is C[C@@H]1N=C(c2ccccc2)O[C@H]1c1ccccc1. The maximum Gasteiger partial charge on any atom is 0.217 e. The van der Waals surface area contributed by atoms with Crippen molar-refractivity contribution < 1.29 is 4.74 Å². The minimum Gasteiger partial charge on any atom is -0.467 e. The summed E-state index contributed by atoms with van der Waals surface area (Å²) in [6.07, 6.45) is 0.0291. The zero-order valence-corrected chi connectivity index (χ0v) is 10.3. The molecular formula is C16H15NO. The zero-order valence-electron chi connectivity index (χ0n) is 10.3. The maximum absolute atomic E-state index is 6.00. The highest BCUT2D eigenvalue weighted by molar-refractivity contribution is 5.95. The van der Waals surface area contributed by atoms with E-state index < -0.39 is 0 Å². The second-order valence-electron chi connectivity index (χ2n) is 4.49. The fourth-order valence-corrected chi connectivity index (χ4v) is 2.21. The van der Waals surface area contributed by atoms with Crippen molar-refractivity contribution in [3.05, 3.63) is 71.8 Å². The van der Waals surface area contributed by atoms with Crippen LogP contribution < -0.4 is 0 Å². The molecule has 0 aliphatic carbocycles. The Bertz CT molecular complexity index is 548. The minimum absolute atomic E-state index is 0.0291. The highest BCUT2D eigenvalue weighted by Crippen LogP contribution is 2.30. The summed E-state index contributed by atoms with van der Waals surface area (Å²) in [5.74, 6) is 0.747. The van der Waals surface area contributed by atoms with E-state index >= 15 is 0 Å². The topological polar surface area (TPSA) is 21.6 Å². The molecule has 0 N–H and O–H groups in total. The van der Waals surface area contributed by atoms with Gasteiger partial charge in [0.05, 0.1) is 6.04 Å². The fourth-order valence-electron chi connectivity index (χ4n) is 2.21. The molecule has 1 aliphatic rings. The van der Waals surface area contributed by atoms with Crippen molar-refractivity contribution in [3.8, 4) is 0 Å². The molecule has 1 aliphatic heterocycles. The van der Waals surface area contributed by atoms with Crippen molar-refractivity contribution in [1.29, 1.82) is 0 Å². The Morgan fingerprint density at radius 3 is 2.17 bits per heavy atom. The first-order valence-corrected chi connectivity index (χ1v) is 6.19. The van der Waals surface area contributed by atoms with E-state index in [-0.39, 0.29) is 12.1 Å². The minimum atomic E-state index is 0.0291. The number of benzene rings is 2. The Kier molecular flexibility index (Phi) is 2.85. The average Bonchev–Trinajstić information content (AvgIpc) is 2.83. The molecule has 0 fully saturated rings. The van der Waals surface area contributed by atoms with Crippen LogP contribution in [0.4, 0.5) is 0 Å². The van der Waals surface area contributed by atoms with Gasteiger partial charge >= 0.3 is 0 Å². The van der Waals surface area contributed by atoms with Gasteiger partial charge in [-0.2, -0.15) is 0 Å². The van der Waals surface area contributed by atoms with E-state index in [0.717, 1.165) is 11.5 Å². The smallest absolute Gasteiger partial charge is 0.217 e. The van der Waals surface area contributed by atoms with Gasteiger partial charge in [-0.25, -0.2) is 4.99 Å². The average molecular weight is 237 g/mol. The molecule has 0 spiro atoms. The highest BCUT2D eigenvalue weighted by Gasteiger charge is 2.29. The molecule has 0 unspecified atom stereocenters. The predicted molar refractivity (Wildman–Crippen MR) is 72.7 cm³/mol. The van der Waals surface area contributed by atoms with Gasteiger partial charge in [0.15, 0.2) is 0 Å². The van der Waals surface area contributed by atoms with Crippen LogP contribution in [0.2, 0.25) is 0 Å². The second-order valence-corrected chi connectivity index (χ2v) is 4.49. The van der Waals surface area contributed by atoms with Crippen molar-refractivity contribution >= 4 is 5.90 Å². The molecule has 3 rings (SSSR count). The summed E-state index contributed by atoms with van der Waals surface area (Å²) in [6, 6.07) is 20.5. The highest BCUT2D eigenvalue weighted by atomic mass is 16.5. The van der Waals surface area contributed by atoms with Crippen LogP contribution in [-0.2, 0) is 4.74 Å². The summed E-state index contributed by atoms with van der Waals surface area (Å²) in [7, 11) is 0. The third-order valence-corrected chi connectivity index (χ3v) is 3.15. The molecule has 90 valence electrons. The molecule has 0 saturated carbocycles. The number of rotatable bonds is 2. The van der Waals surface area contributed by atoms with Gasteiger partial charge in [-0.05, 0) is 24.6 Å². The largest absolute Gasteiger partial charge is 0.467 e. The summed E-state index contributed by atoms with van der Waals surface area (Å²) < 4.78 is 6.00. The van der Waals surface area contributed by atoms with Gasteiger partial charge in [0.25, 0.3) is 0 Å². The van der Waals surface area contributed by atoms with E-state index in [1.807, 2.05) is 48.5 Å². The van der Waals surface area contributed by atoms with E-state index in [4.69, 9.17) is 4.74 Å². The monoisotopic (exact) mass is 237 g/mol. The summed E-state index contributed by atoms with van der Waals surface area (Å²) in [5, 5.41) is 0. The van der Waals surface area contributed by atoms with E-state index in [2.05, 4.69) is 24.0 Å². The molecule has 2 aromatic rings. The Hall–Kier alpha value is -2.09. The lowest BCUT2D eigenvalue weighted by Gasteiger charge is -2.14. The number of ether oxygens (including phenoxy) is 1. The Morgan fingerprint density at radius 2 is 1.50 bits per heavy atom. The third kappa shape index (κ3) is 2.02. The number of hydrogen-bond acceptors (Lipinski definition) is 2. The van der Waals surface area contributed by atoms with Crippen molar-refractivity contribution in [2.24, 2.45) is 4.99 Å². The van der Waals surface area contributed by atoms with Gasteiger partial charge in [-0.3, -0.25) is 0 Å². The van der Waals surface area contributed by atoms with E-state index in [9.17, 15) is 0 Å². The van der Waals surface area contributed by atoms with Gasteiger partial charge in [0, 0.05) is 5.56 Å². The van der Waals surface area contributed by atoms with Crippen LogP contribution >= 0.6 is 0 Å². The summed E-state index contributed by atoms with van der Waals surface area (Å²) in [6.45, 7) is 2.09. The molecule has 2 heteroatoms. The molecule has 0 radical (unpaired) electrons. The lowest BCUT2D eigenvalue weighted by atomic mass is 10.0. The van der Waals surface area contributed by atoms with Gasteiger partial charge in [-0.15, -0.1) is 0 Å². The molecule has 0 bridgehead atoms. The van der Waals surface area contributed by atoms with Crippen molar-refractivity contribution in [1.82, 2.24) is 0 Å². The van der Waals surface area contributed by atoms with E-state index in [1.54, 1.807) is 0 Å². The van der Waals surface area contributed by atoms with E-state index in [0.29, 0.717) is 0 Å². The molecule has 2 aromatic carbocycles. The van der Waals surface area contributed by atoms with Crippen LogP contribution in [0.3, 0.4) is 0 Å². The molecule has 0 amide bonds. The first-order valence-electron chi connectivity index (χ1n) is 6.19. The first kappa shape index (κ1) is 11.0. The van der Waals surface area contributed by atoms with Gasteiger partial charge in [0.1, 0.15) is 6.10 Å². The molecule has 2 nitrogen and oxygen atoms in total. The Labute approximate surface area is 107 Å². The maximum atomic E-state index is 6.00. The quantitative estimate of drug-likeness (QED) is 0.782. The van der Waals surface area contributed by atoms with Gasteiger partial charge in [0.2, 0.25) is 5.90 Å². The number of nitrogens with zero attached hydrogens (tertiary/aromatic N) is 1. The standard InChI is InChI=1S/C16H15NO/c1-12-15(13-8-4-2-5-9-13)18-16(17-12)14-10-6-3-7-11-14/h2-12,15H,1H3/t12-,15+/m0/s1. The molecule has 1 heterocycles. The van der Waals surface area contributed by atoms with Crippen LogP contribution in [0.25, 0.3) is 0 Å². The van der Waals surface area contributed by atoms with Crippen LogP contribution in [0.1, 0.15) is 24.2 Å². The Morgan fingerprint density at radius 1 is 0.889 bits per heavy atom. The van der Waals surface area contributed by atoms with Crippen LogP contribution in [-0.4, -0.2) is 11.9 Å². The summed E-state index contributed by atoms with van der Waals surface area (Å²) in [5.41, 5.74) is 2.22. The predicted octanol–water partition coefficient (Wildman–Crippen LogP) is 3.59. The molecule has 2 atom stereocenters. The molecule has 18 heavy (non-hydrogen) atoms. The second kappa shape index (κ2) is 4.65. The zero-order chi connectivity index (χ0) is 12.4. The Balaban J connectivity index is 1.85.